The number of carbonyl (C=O) groups excluding carboxylic acids is 4. The molecule has 3 N–H and O–H groups in total. The van der Waals surface area contributed by atoms with Gasteiger partial charge in [-0.3, -0.25) is 37.3 Å². The van der Waals surface area contributed by atoms with Crippen molar-refractivity contribution >= 4 is 39.5 Å². The van der Waals surface area contributed by atoms with E-state index in [2.05, 4.69) is 113 Å². The summed E-state index contributed by atoms with van der Waals surface area (Å²) in [6.07, 6.45) is 76.8. The Bertz CT molecular complexity index is 2270. The van der Waals surface area contributed by atoms with Crippen LogP contribution in [0.25, 0.3) is 0 Å². The molecule has 0 heterocycles. The van der Waals surface area contributed by atoms with E-state index in [-0.39, 0.29) is 25.7 Å². The average Bonchev–Trinajstić information content (AvgIpc) is 1.06. The summed E-state index contributed by atoms with van der Waals surface area (Å²) in [7, 11) is -9.97. The van der Waals surface area contributed by atoms with Gasteiger partial charge in [0.1, 0.15) is 19.3 Å². The Balaban J connectivity index is 5.41. The predicted octanol–water partition coefficient (Wildman–Crippen LogP) is 22.8. The van der Waals surface area contributed by atoms with Gasteiger partial charge >= 0.3 is 39.5 Å². The number of rotatable bonds is 74. The SMILES string of the molecule is CCCCC/C=C\C/C=C\C/C=C\C/C=C\CCCC(=O)OC[C@H](COP(=O)(O)OC[C@H](O)COP(=O)(O)OC[C@@H](COC(=O)CCCCCCC/C=C\C=C/CCCCCC)OC(=O)CCCCCCCCCCCCCCC)OC(=O)CCCCCCC/C=C\C=C/CCCCCC. The van der Waals surface area contributed by atoms with Crippen LogP contribution in [0.1, 0.15) is 336 Å². The first kappa shape index (κ1) is 96.0. The van der Waals surface area contributed by atoms with Crippen LogP contribution >= 0.6 is 15.6 Å². The number of ether oxygens (including phenoxy) is 4. The minimum atomic E-state index is -4.99. The van der Waals surface area contributed by atoms with Gasteiger partial charge in [0.25, 0.3) is 0 Å². The quantitative estimate of drug-likeness (QED) is 0.0128. The van der Waals surface area contributed by atoms with Gasteiger partial charge in [-0.2, -0.15) is 0 Å². The van der Waals surface area contributed by atoms with Gasteiger partial charge in [0, 0.05) is 25.7 Å². The van der Waals surface area contributed by atoms with Gasteiger partial charge in [-0.1, -0.05) is 292 Å². The van der Waals surface area contributed by atoms with E-state index in [9.17, 15) is 43.2 Å². The number of unbranched alkanes of at least 4 members (excludes halogenated alkanes) is 34. The summed E-state index contributed by atoms with van der Waals surface area (Å²) in [5.41, 5.74) is 0. The first-order valence-electron chi connectivity index (χ1n) is 39.5. The van der Waals surface area contributed by atoms with Gasteiger partial charge in [-0.15, -0.1) is 0 Å². The van der Waals surface area contributed by atoms with Gasteiger partial charge in [-0.05, 0) is 116 Å². The molecule has 0 amide bonds. The Labute approximate surface area is 607 Å². The van der Waals surface area contributed by atoms with Crippen molar-refractivity contribution in [2.24, 2.45) is 0 Å². The number of phosphoric acid groups is 2. The summed E-state index contributed by atoms with van der Waals surface area (Å²) in [6.45, 7) is 4.74. The van der Waals surface area contributed by atoms with Crippen molar-refractivity contribution in [3.63, 3.8) is 0 Å². The third-order valence-electron chi connectivity index (χ3n) is 16.6. The Kier molecular flexibility index (Phi) is 70.4. The topological polar surface area (TPSA) is 237 Å². The van der Waals surface area contributed by atoms with Crippen molar-refractivity contribution in [2.45, 2.75) is 354 Å². The van der Waals surface area contributed by atoms with Crippen LogP contribution in [-0.4, -0.2) is 96.7 Å². The summed E-state index contributed by atoms with van der Waals surface area (Å²) in [5, 5.41) is 10.6. The fourth-order valence-corrected chi connectivity index (χ4v) is 12.1. The predicted molar refractivity (Wildman–Crippen MR) is 409 cm³/mol. The maximum absolute atomic E-state index is 13.1. The zero-order chi connectivity index (χ0) is 73.2. The van der Waals surface area contributed by atoms with Crippen LogP contribution in [0.2, 0.25) is 0 Å². The largest absolute Gasteiger partial charge is 0.472 e. The number of hydrogen-bond acceptors (Lipinski definition) is 15. The highest BCUT2D eigenvalue weighted by Crippen LogP contribution is 2.45. The first-order chi connectivity index (χ1) is 48.7. The second-order valence-electron chi connectivity index (χ2n) is 26.4. The third kappa shape index (κ3) is 72.3. The lowest BCUT2D eigenvalue weighted by Crippen LogP contribution is -2.30. The van der Waals surface area contributed by atoms with E-state index in [1.54, 1.807) is 0 Å². The molecule has 5 atom stereocenters. The van der Waals surface area contributed by atoms with Gasteiger partial charge in [0.2, 0.25) is 0 Å². The van der Waals surface area contributed by atoms with Gasteiger partial charge in [0.05, 0.1) is 26.4 Å². The normalized spacial score (nSPS) is 14.4. The van der Waals surface area contributed by atoms with Crippen molar-refractivity contribution in [1.29, 1.82) is 0 Å². The van der Waals surface area contributed by atoms with E-state index in [1.165, 1.54) is 122 Å². The second kappa shape index (κ2) is 73.3. The van der Waals surface area contributed by atoms with E-state index in [0.29, 0.717) is 32.1 Å². The molecule has 2 unspecified atom stereocenters. The molecule has 0 rings (SSSR count). The second-order valence-corrected chi connectivity index (χ2v) is 29.3. The molecule has 0 saturated heterocycles. The maximum Gasteiger partial charge on any atom is 0.472 e. The molecule has 0 saturated carbocycles. The number of hydrogen-bond donors (Lipinski definition) is 3. The fraction of sp³-hybridized carbons (Fsp3) is 0.753. The number of aliphatic hydroxyl groups excluding tert-OH is 1. The molecule has 0 fully saturated rings. The number of aliphatic hydroxyl groups is 1. The summed E-state index contributed by atoms with van der Waals surface area (Å²) >= 11 is 0. The molecule has 0 aliphatic carbocycles. The zero-order valence-electron chi connectivity index (χ0n) is 63.1. The summed E-state index contributed by atoms with van der Waals surface area (Å²) in [4.78, 5) is 72.9. The molecule has 0 radical (unpaired) electrons. The van der Waals surface area contributed by atoms with E-state index >= 15 is 0 Å². The Hall–Kier alpha value is -4.02. The van der Waals surface area contributed by atoms with Crippen molar-refractivity contribution in [3.05, 3.63) is 97.2 Å². The fourth-order valence-electron chi connectivity index (χ4n) is 10.5. The van der Waals surface area contributed by atoms with E-state index < -0.39 is 97.5 Å². The van der Waals surface area contributed by atoms with Crippen molar-refractivity contribution in [1.82, 2.24) is 0 Å². The van der Waals surface area contributed by atoms with Crippen molar-refractivity contribution < 1.29 is 80.2 Å². The van der Waals surface area contributed by atoms with E-state index in [1.807, 2.05) is 12.2 Å². The standard InChI is InChI=1S/C81H142O17P2/c1-5-9-13-17-21-25-29-33-36-37-40-43-46-50-54-58-62-66-79(84)92-72-77(98-81(86)68-64-60-56-52-48-44-39-35-31-27-23-19-15-11-7-3)74-96-100(89,90)94-70-75(82)69-93-99(87,88)95-73-76(97-80(85)67-63-59-55-51-47-41-32-28-24-20-16-12-8-4)71-91-78(83)65-61-57-53-49-45-42-38-34-30-26-22-18-14-10-6-2/h21,25-27,30-31,33-36,38-40,43,50,54,75-77,82H,5-20,22-24,28-29,32,37,41-42,44-49,51-53,55-74H2,1-4H3,(H,87,88)(H,89,90)/b25-21-,30-26-,31-27-,36-33-,38-34-,39-35-,43-40-,54-50-/t75-,76-,77-/m1/s1. The van der Waals surface area contributed by atoms with E-state index in [4.69, 9.17) is 37.0 Å². The number of carbonyl (C=O) groups is 4. The number of esters is 4. The molecule has 578 valence electrons. The lowest BCUT2D eigenvalue weighted by atomic mass is 10.0. The molecule has 0 bridgehead atoms. The highest BCUT2D eigenvalue weighted by Gasteiger charge is 2.30. The molecule has 17 nitrogen and oxygen atoms in total. The molecule has 0 aliphatic rings. The lowest BCUT2D eigenvalue weighted by molar-refractivity contribution is -0.161. The molecule has 0 aromatic rings. The van der Waals surface area contributed by atoms with Gasteiger partial charge in [0.15, 0.2) is 12.2 Å². The molecular weight excluding hydrogens is 1310 g/mol. The van der Waals surface area contributed by atoms with Crippen molar-refractivity contribution in [3.8, 4) is 0 Å². The van der Waals surface area contributed by atoms with Gasteiger partial charge in [-0.25, -0.2) is 9.13 Å². The zero-order valence-corrected chi connectivity index (χ0v) is 64.9. The molecule has 0 aromatic heterocycles. The maximum atomic E-state index is 13.1. The Morgan fingerprint density at radius 2 is 0.530 bits per heavy atom. The molecule has 0 aliphatic heterocycles. The molecule has 0 spiro atoms. The van der Waals surface area contributed by atoms with E-state index in [0.717, 1.165) is 128 Å². The number of phosphoric ester groups is 2. The minimum absolute atomic E-state index is 0.0658. The number of allylic oxidation sites excluding steroid dienone is 16. The monoisotopic (exact) mass is 1450 g/mol. The van der Waals surface area contributed by atoms with Crippen LogP contribution in [0, 0.1) is 0 Å². The minimum Gasteiger partial charge on any atom is -0.462 e. The highest BCUT2D eigenvalue weighted by molar-refractivity contribution is 7.47. The summed E-state index contributed by atoms with van der Waals surface area (Å²) < 4.78 is 68.5. The summed E-state index contributed by atoms with van der Waals surface area (Å²) in [6, 6.07) is 0. The lowest BCUT2D eigenvalue weighted by Gasteiger charge is -2.21. The smallest absolute Gasteiger partial charge is 0.462 e. The Morgan fingerprint density at radius 1 is 0.290 bits per heavy atom. The Morgan fingerprint density at radius 3 is 0.880 bits per heavy atom. The third-order valence-corrected chi connectivity index (χ3v) is 18.5. The van der Waals surface area contributed by atoms with Crippen LogP contribution in [0.5, 0.6) is 0 Å². The van der Waals surface area contributed by atoms with Crippen molar-refractivity contribution in [2.75, 3.05) is 39.6 Å². The highest BCUT2D eigenvalue weighted by atomic mass is 31.2. The summed E-state index contributed by atoms with van der Waals surface area (Å²) in [5.74, 6) is -2.26. The molecule has 19 heteroatoms. The molecular formula is C81H142O17P2. The van der Waals surface area contributed by atoms with Crippen LogP contribution in [-0.2, 0) is 65.4 Å². The molecule has 0 aromatic carbocycles. The van der Waals surface area contributed by atoms with Crippen LogP contribution in [0.15, 0.2) is 97.2 Å². The van der Waals surface area contributed by atoms with Crippen LogP contribution < -0.4 is 0 Å². The molecule has 100 heavy (non-hydrogen) atoms. The average molecular weight is 1450 g/mol. The van der Waals surface area contributed by atoms with Gasteiger partial charge < -0.3 is 33.8 Å². The van der Waals surface area contributed by atoms with Crippen LogP contribution in [0.3, 0.4) is 0 Å². The van der Waals surface area contributed by atoms with Crippen LogP contribution in [0.4, 0.5) is 0 Å². The first-order valence-corrected chi connectivity index (χ1v) is 42.5.